The first kappa shape index (κ1) is 57.6. The smallest absolute Gasteiger partial charge is 0.870 e. The Morgan fingerprint density at radius 2 is 0.987 bits per heavy atom. The van der Waals surface area contributed by atoms with Crippen LogP contribution in [0, 0.1) is 0 Å². The number of aromatic hydroxyl groups is 1. The molecule has 0 bridgehead atoms. The molecule has 4 N–H and O–H groups in total. The van der Waals surface area contributed by atoms with E-state index in [2.05, 4.69) is 31.1 Å². The van der Waals surface area contributed by atoms with E-state index in [9.17, 15) is 45.7 Å². The Hall–Kier alpha value is -6.72. The maximum Gasteiger partial charge on any atom is 2.00 e. The maximum absolute atomic E-state index is 13.4. The zero-order valence-electron chi connectivity index (χ0n) is 40.2. The molecular formula is C52H42CaCl2N6O12S2. The number of fused-ring (bicyclic) bond motifs is 2. The molecule has 18 nitrogen and oxygen atoms in total. The fourth-order valence-electron chi connectivity index (χ4n) is 7.60. The molecule has 8 aromatic carbocycles. The second-order valence-electron chi connectivity index (χ2n) is 15.8. The van der Waals surface area contributed by atoms with E-state index in [0.717, 1.165) is 12.1 Å². The normalized spacial score (nSPS) is 11.5. The summed E-state index contributed by atoms with van der Waals surface area (Å²) in [6, 6.07) is 34.6. The Kier molecular flexibility index (Phi) is 19.0. The SMILES string of the molecule is CCc1c(Cl)ccc(S(=O)(=O)O)c1N=Nc1c(O)c(C(=O)Nc2ccc(OC)cc2)cc2ccccc12.CCc1c(Cl)ccc(S(=O)(=O)[O-])c1N=Nc1c([O-])c(C(=O)Nc2ccc(OC)cc2)cc2ccccc12.[Ca+2]. The van der Waals surface area contributed by atoms with Crippen LogP contribution in [0.4, 0.5) is 34.1 Å². The van der Waals surface area contributed by atoms with Gasteiger partial charge in [0.25, 0.3) is 21.9 Å². The molecule has 380 valence electrons. The summed E-state index contributed by atoms with van der Waals surface area (Å²) in [4.78, 5) is 25.0. The molecule has 2 amide bonds. The molecule has 0 saturated carbocycles. The molecule has 23 heteroatoms. The van der Waals surface area contributed by atoms with Crippen molar-refractivity contribution in [1.82, 2.24) is 0 Å². The molecule has 0 aliphatic rings. The van der Waals surface area contributed by atoms with Gasteiger partial charge in [0, 0.05) is 37.8 Å². The number of methoxy groups -OCH3 is 2. The number of carbonyl (C=O) groups excluding carboxylic acids is 2. The Balaban J connectivity index is 0.000000241. The van der Waals surface area contributed by atoms with Crippen molar-refractivity contribution in [2.24, 2.45) is 20.5 Å². The zero-order valence-corrected chi connectivity index (χ0v) is 45.5. The van der Waals surface area contributed by atoms with Crippen LogP contribution in [0.5, 0.6) is 23.0 Å². The predicted octanol–water partition coefficient (Wildman–Crippen LogP) is 12.0. The number of ether oxygens (including phenoxy) is 2. The first-order valence-corrected chi connectivity index (χ1v) is 25.7. The molecular weight excluding hydrogens is 1080 g/mol. The maximum atomic E-state index is 13.4. The molecule has 0 unspecified atom stereocenters. The fourth-order valence-corrected chi connectivity index (χ4v) is 9.45. The van der Waals surface area contributed by atoms with Crippen molar-refractivity contribution >= 4 is 149 Å². The summed E-state index contributed by atoms with van der Waals surface area (Å²) >= 11 is 12.4. The Labute approximate surface area is 470 Å². The van der Waals surface area contributed by atoms with Crippen molar-refractivity contribution in [3.8, 4) is 23.0 Å². The van der Waals surface area contributed by atoms with Gasteiger partial charge in [-0.2, -0.15) is 13.5 Å². The van der Waals surface area contributed by atoms with Crippen molar-refractivity contribution in [3.63, 3.8) is 0 Å². The quantitative estimate of drug-likeness (QED) is 0.0449. The van der Waals surface area contributed by atoms with Gasteiger partial charge in [-0.3, -0.25) is 14.1 Å². The number of benzene rings is 8. The van der Waals surface area contributed by atoms with E-state index in [0.29, 0.717) is 56.4 Å². The topological polar surface area (TPSA) is 281 Å². The van der Waals surface area contributed by atoms with E-state index < -0.39 is 53.3 Å². The van der Waals surface area contributed by atoms with Gasteiger partial charge in [0.2, 0.25) is 0 Å². The molecule has 75 heavy (non-hydrogen) atoms. The average Bonchev–Trinajstić information content (AvgIpc) is 3.37. The molecule has 0 radical (unpaired) electrons. The van der Waals surface area contributed by atoms with Gasteiger partial charge in [-0.15, -0.1) is 15.3 Å². The van der Waals surface area contributed by atoms with E-state index in [4.69, 9.17) is 32.7 Å². The van der Waals surface area contributed by atoms with Crippen LogP contribution in [0.15, 0.2) is 164 Å². The second kappa shape index (κ2) is 24.7. The first-order valence-electron chi connectivity index (χ1n) is 22.1. The van der Waals surface area contributed by atoms with Gasteiger partial charge in [0.1, 0.15) is 43.6 Å². The van der Waals surface area contributed by atoms with Crippen LogP contribution < -0.4 is 25.2 Å². The summed E-state index contributed by atoms with van der Waals surface area (Å²) < 4.78 is 79.5. The summed E-state index contributed by atoms with van der Waals surface area (Å²) in [5.74, 6) is -1.23. The van der Waals surface area contributed by atoms with Crippen molar-refractivity contribution in [2.45, 2.75) is 36.5 Å². The summed E-state index contributed by atoms with van der Waals surface area (Å²) in [6.07, 6.45) is 0.555. The van der Waals surface area contributed by atoms with E-state index in [1.54, 1.807) is 111 Å². The monoisotopic (exact) mass is 1120 g/mol. The number of hydrogen-bond acceptors (Lipinski definition) is 15. The van der Waals surface area contributed by atoms with Crippen LogP contribution in [0.2, 0.25) is 10.0 Å². The van der Waals surface area contributed by atoms with Gasteiger partial charge >= 0.3 is 37.7 Å². The summed E-state index contributed by atoms with van der Waals surface area (Å²) in [5.41, 5.74) is 0.642. The van der Waals surface area contributed by atoms with Crippen molar-refractivity contribution in [3.05, 3.63) is 166 Å². The summed E-state index contributed by atoms with van der Waals surface area (Å²) in [5, 5.41) is 48.6. The molecule has 0 aliphatic carbocycles. The van der Waals surface area contributed by atoms with Gasteiger partial charge in [-0.05, 0) is 120 Å². The zero-order chi connectivity index (χ0) is 53.5. The summed E-state index contributed by atoms with van der Waals surface area (Å²) in [7, 11) is -6.51. The third-order valence-electron chi connectivity index (χ3n) is 11.3. The van der Waals surface area contributed by atoms with Crippen LogP contribution in [-0.4, -0.2) is 94.8 Å². The number of phenols is 1. The van der Waals surface area contributed by atoms with Gasteiger partial charge in [0.05, 0.1) is 30.4 Å². The van der Waals surface area contributed by atoms with E-state index in [1.807, 2.05) is 0 Å². The van der Waals surface area contributed by atoms with Crippen molar-refractivity contribution < 1.29 is 55.2 Å². The Morgan fingerprint density at radius 3 is 1.44 bits per heavy atom. The van der Waals surface area contributed by atoms with Crippen molar-refractivity contribution in [1.29, 1.82) is 0 Å². The largest absolute Gasteiger partial charge is 2.00 e. The van der Waals surface area contributed by atoms with Crippen LogP contribution in [0.25, 0.3) is 21.5 Å². The number of carbonyl (C=O) groups is 2. The average molecular weight is 1120 g/mol. The molecule has 8 aromatic rings. The van der Waals surface area contributed by atoms with Gasteiger partial charge in [0.15, 0.2) is 5.75 Å². The first-order chi connectivity index (χ1) is 35.3. The Morgan fingerprint density at radius 1 is 0.587 bits per heavy atom. The molecule has 0 saturated heterocycles. The van der Waals surface area contributed by atoms with Gasteiger partial charge in [-0.25, -0.2) is 8.42 Å². The fraction of sp³-hybridized carbons (Fsp3) is 0.115. The number of nitrogens with zero attached hydrogens (tertiary/aromatic N) is 4. The number of rotatable bonds is 14. The molecule has 8 rings (SSSR count). The number of halogens is 2. The van der Waals surface area contributed by atoms with Gasteiger partial charge < -0.3 is 34.9 Å². The summed E-state index contributed by atoms with van der Waals surface area (Å²) in [6.45, 7) is 3.45. The standard InChI is InChI=1S/2C26H22ClN3O6S.Ca/c2*1-3-18-21(27)12-13-22(37(33,34)35)23(18)29-30-24-19-7-5-4-6-15(19)14-20(25(24)31)26(32)28-16-8-10-17(36-2)11-9-16;/h2*4-14,31H,3H2,1-2H3,(H,28,32)(H,33,34,35);/q;;+2/p-2. The van der Waals surface area contributed by atoms with E-state index >= 15 is 0 Å². The molecule has 0 aromatic heterocycles. The van der Waals surface area contributed by atoms with Crippen LogP contribution in [-0.2, 0) is 33.1 Å². The van der Waals surface area contributed by atoms with Gasteiger partial charge in [-0.1, -0.05) is 91.3 Å². The second-order valence-corrected chi connectivity index (χ2v) is 19.4. The number of hydrogen-bond donors (Lipinski definition) is 4. The third kappa shape index (κ3) is 13.2. The molecule has 0 spiro atoms. The number of anilines is 2. The number of azo groups is 2. The van der Waals surface area contributed by atoms with Crippen LogP contribution in [0.1, 0.15) is 45.7 Å². The minimum Gasteiger partial charge on any atom is -0.870 e. The molecule has 0 aliphatic heterocycles. The predicted molar refractivity (Wildman–Crippen MR) is 284 cm³/mol. The third-order valence-corrected chi connectivity index (χ3v) is 13.7. The van der Waals surface area contributed by atoms with E-state index in [1.165, 1.54) is 38.5 Å². The molecule has 0 heterocycles. The molecule has 0 atom stereocenters. The number of phenolic OH excluding ortho intramolecular Hbond substituents is 1. The van der Waals surface area contributed by atoms with Crippen LogP contribution in [0.3, 0.4) is 0 Å². The van der Waals surface area contributed by atoms with E-state index in [-0.39, 0.29) is 93.6 Å². The Bertz CT molecular complexity index is 3530. The van der Waals surface area contributed by atoms with Crippen molar-refractivity contribution in [2.75, 3.05) is 24.9 Å². The minimum atomic E-state index is -4.91. The number of amides is 2. The van der Waals surface area contributed by atoms with Crippen LogP contribution >= 0.6 is 23.2 Å². The molecule has 0 fully saturated rings. The minimum absolute atomic E-state index is 0. The number of nitrogens with one attached hydrogen (secondary N) is 2.